The predicted molar refractivity (Wildman–Crippen MR) is 117 cm³/mol. The van der Waals surface area contributed by atoms with Crippen molar-refractivity contribution in [1.29, 1.82) is 0 Å². The van der Waals surface area contributed by atoms with Gasteiger partial charge in [0, 0.05) is 0 Å². The molecule has 2 aliphatic rings. The minimum atomic E-state index is -0.204. The van der Waals surface area contributed by atoms with E-state index in [9.17, 15) is 0 Å². The Labute approximate surface area is 166 Å². The van der Waals surface area contributed by atoms with E-state index in [1.54, 1.807) is 0 Å². The third-order valence-electron chi connectivity index (χ3n) is 6.69. The van der Waals surface area contributed by atoms with Crippen LogP contribution in [0.25, 0.3) is 22.3 Å². The zero-order chi connectivity index (χ0) is 18.9. The molecular weight excluding hydrogens is 336 g/mol. The summed E-state index contributed by atoms with van der Waals surface area (Å²) in [6.45, 7) is 4.57. The zero-order valence-corrected chi connectivity index (χ0v) is 16.2. The summed E-state index contributed by atoms with van der Waals surface area (Å²) in [5.41, 5.74) is 12.4. The van der Waals surface area contributed by atoms with Crippen LogP contribution in [0.4, 0.5) is 0 Å². The second-order valence-corrected chi connectivity index (χ2v) is 8.35. The molecule has 0 saturated heterocycles. The molecule has 0 nitrogen and oxygen atoms in total. The Bertz CT molecular complexity index is 1180. The number of benzene rings is 4. The molecule has 0 atom stereocenters. The number of hydrogen-bond donors (Lipinski definition) is 0. The van der Waals surface area contributed by atoms with Crippen molar-refractivity contribution in [1.82, 2.24) is 0 Å². The first-order chi connectivity index (χ1) is 13.7. The van der Waals surface area contributed by atoms with Gasteiger partial charge in [0.2, 0.25) is 0 Å². The first kappa shape index (κ1) is 15.9. The van der Waals surface area contributed by atoms with Gasteiger partial charge < -0.3 is 0 Å². The van der Waals surface area contributed by atoms with Gasteiger partial charge in [-0.3, -0.25) is 0 Å². The zero-order valence-electron chi connectivity index (χ0n) is 16.2. The quantitative estimate of drug-likeness (QED) is 0.293. The summed E-state index contributed by atoms with van der Waals surface area (Å²) in [5.74, 6) is 0.512. The van der Waals surface area contributed by atoms with E-state index >= 15 is 0 Å². The van der Waals surface area contributed by atoms with E-state index in [2.05, 4.69) is 105 Å². The van der Waals surface area contributed by atoms with E-state index in [1.165, 1.54) is 50.1 Å². The van der Waals surface area contributed by atoms with E-state index in [1.807, 2.05) is 0 Å². The van der Waals surface area contributed by atoms with Gasteiger partial charge in [-0.2, -0.15) is 0 Å². The van der Waals surface area contributed by atoms with Crippen molar-refractivity contribution in [2.24, 2.45) is 0 Å². The molecule has 2 aliphatic carbocycles. The van der Waals surface area contributed by atoms with Gasteiger partial charge in [0.15, 0.2) is 0 Å². The molecule has 0 radical (unpaired) electrons. The van der Waals surface area contributed by atoms with Crippen LogP contribution in [0.2, 0.25) is 0 Å². The van der Waals surface area contributed by atoms with E-state index in [0.29, 0.717) is 5.92 Å². The summed E-state index contributed by atoms with van der Waals surface area (Å²) in [4.78, 5) is 0. The predicted octanol–water partition coefficient (Wildman–Crippen LogP) is 7.15. The third kappa shape index (κ3) is 1.76. The van der Waals surface area contributed by atoms with E-state index in [-0.39, 0.29) is 5.41 Å². The fourth-order valence-electron chi connectivity index (χ4n) is 5.47. The number of fused-ring (bicyclic) bond motifs is 10. The molecule has 0 bridgehead atoms. The van der Waals surface area contributed by atoms with Gasteiger partial charge in [0.1, 0.15) is 0 Å². The molecule has 0 unspecified atom stereocenters. The molecule has 0 N–H and O–H groups in total. The number of hydrogen-bond acceptors (Lipinski definition) is 0. The van der Waals surface area contributed by atoms with Crippen molar-refractivity contribution >= 4 is 0 Å². The fourth-order valence-corrected chi connectivity index (χ4v) is 5.47. The van der Waals surface area contributed by atoms with Gasteiger partial charge in [-0.05, 0) is 56.0 Å². The van der Waals surface area contributed by atoms with Gasteiger partial charge in [-0.1, -0.05) is 105 Å². The summed E-state index contributed by atoms with van der Waals surface area (Å²) in [5, 5.41) is 0. The molecule has 0 heteroatoms. The summed E-state index contributed by atoms with van der Waals surface area (Å²) in [7, 11) is 0. The Balaban J connectivity index is 1.83. The maximum Gasteiger partial charge on any atom is 0.0725 e. The summed E-state index contributed by atoms with van der Waals surface area (Å²) in [6, 6.07) is 34.1. The van der Waals surface area contributed by atoms with E-state index < -0.39 is 0 Å². The maximum absolute atomic E-state index is 2.47. The van der Waals surface area contributed by atoms with Crippen molar-refractivity contribution in [3.8, 4) is 22.3 Å². The largest absolute Gasteiger partial charge is 0.0725 e. The van der Waals surface area contributed by atoms with Crippen molar-refractivity contribution < 1.29 is 0 Å². The lowest BCUT2D eigenvalue weighted by atomic mass is 9.70. The normalized spacial score (nSPS) is 14.7. The Morgan fingerprint density at radius 3 is 1.39 bits per heavy atom. The van der Waals surface area contributed by atoms with Crippen LogP contribution in [0.3, 0.4) is 0 Å². The smallest absolute Gasteiger partial charge is 0.0619 e. The van der Waals surface area contributed by atoms with Gasteiger partial charge in [0.25, 0.3) is 0 Å². The molecule has 0 fully saturated rings. The summed E-state index contributed by atoms with van der Waals surface area (Å²) in [6.07, 6.45) is 0. The van der Waals surface area contributed by atoms with Crippen molar-refractivity contribution in [3.05, 3.63) is 119 Å². The molecule has 6 rings (SSSR count). The first-order valence-corrected chi connectivity index (χ1v) is 10.2. The monoisotopic (exact) mass is 358 g/mol. The first-order valence-electron chi connectivity index (χ1n) is 10.2. The molecule has 4 aromatic rings. The second kappa shape index (κ2) is 5.45. The Hall–Kier alpha value is -3.12. The van der Waals surface area contributed by atoms with Crippen LogP contribution < -0.4 is 0 Å². The van der Waals surface area contributed by atoms with Crippen molar-refractivity contribution in [2.75, 3.05) is 0 Å². The molecule has 0 aromatic heterocycles. The summed E-state index contributed by atoms with van der Waals surface area (Å²) >= 11 is 0. The van der Waals surface area contributed by atoms with Crippen LogP contribution in [0.5, 0.6) is 0 Å². The molecule has 1 spiro atoms. The third-order valence-corrected chi connectivity index (χ3v) is 6.69. The van der Waals surface area contributed by atoms with Crippen LogP contribution in [0, 0.1) is 0 Å². The average Bonchev–Trinajstić information content (AvgIpc) is 3.21. The minimum absolute atomic E-state index is 0.204. The molecular formula is C28H22. The lowest BCUT2D eigenvalue weighted by molar-refractivity contribution is 0.784. The molecule has 28 heavy (non-hydrogen) atoms. The lowest BCUT2D eigenvalue weighted by Gasteiger charge is -2.30. The highest BCUT2D eigenvalue weighted by Gasteiger charge is 2.51. The van der Waals surface area contributed by atoms with Gasteiger partial charge >= 0.3 is 0 Å². The van der Waals surface area contributed by atoms with E-state index in [4.69, 9.17) is 0 Å². The van der Waals surface area contributed by atoms with Crippen molar-refractivity contribution in [2.45, 2.75) is 25.2 Å². The summed E-state index contributed by atoms with van der Waals surface area (Å²) < 4.78 is 0. The second-order valence-electron chi connectivity index (χ2n) is 8.35. The SMILES string of the molecule is CC(C)c1ccc2c(c1)C1(c3ccccc3-c3ccccc31)c1ccccc1-2. The van der Waals surface area contributed by atoms with Crippen LogP contribution in [0.1, 0.15) is 47.6 Å². The molecule has 4 aromatic carbocycles. The number of rotatable bonds is 1. The van der Waals surface area contributed by atoms with Crippen molar-refractivity contribution in [3.63, 3.8) is 0 Å². The van der Waals surface area contributed by atoms with Gasteiger partial charge in [0.05, 0.1) is 5.41 Å². The Morgan fingerprint density at radius 2 is 0.929 bits per heavy atom. The highest BCUT2D eigenvalue weighted by molar-refractivity contribution is 5.94. The Kier molecular flexibility index (Phi) is 3.09. The highest BCUT2D eigenvalue weighted by Crippen LogP contribution is 2.62. The van der Waals surface area contributed by atoms with Gasteiger partial charge in [-0.15, -0.1) is 0 Å². The molecule has 134 valence electrons. The molecule has 0 aliphatic heterocycles. The average molecular weight is 358 g/mol. The Morgan fingerprint density at radius 1 is 0.500 bits per heavy atom. The lowest BCUT2D eigenvalue weighted by Crippen LogP contribution is -2.26. The van der Waals surface area contributed by atoms with Crippen LogP contribution in [-0.4, -0.2) is 0 Å². The van der Waals surface area contributed by atoms with Crippen LogP contribution in [0.15, 0.2) is 91.0 Å². The molecule has 0 amide bonds. The topological polar surface area (TPSA) is 0 Å². The van der Waals surface area contributed by atoms with Crippen LogP contribution >= 0.6 is 0 Å². The van der Waals surface area contributed by atoms with E-state index in [0.717, 1.165) is 0 Å². The van der Waals surface area contributed by atoms with Gasteiger partial charge in [-0.25, -0.2) is 0 Å². The minimum Gasteiger partial charge on any atom is -0.0619 e. The standard InChI is InChI=1S/C28H22/c1-18(2)19-15-16-23-22-11-5-8-14-26(22)28(27(23)17-19)24-12-6-3-9-20(24)21-10-4-7-13-25(21)28/h3-18H,1-2H3. The molecule has 0 saturated carbocycles. The fraction of sp³-hybridized carbons (Fsp3) is 0.143. The maximum atomic E-state index is 2.47. The highest BCUT2D eigenvalue weighted by atomic mass is 14.5. The molecule has 0 heterocycles. The van der Waals surface area contributed by atoms with Crippen LogP contribution in [-0.2, 0) is 5.41 Å².